The Hall–Kier alpha value is -1.38. The van der Waals surface area contributed by atoms with Gasteiger partial charge in [-0.25, -0.2) is 5.01 Å². The molecule has 1 aromatic carbocycles. The zero-order valence-corrected chi connectivity index (χ0v) is 12.3. The fraction of sp³-hybridized carbons (Fsp3) is 0.667. The first kappa shape index (κ1) is 11.2. The van der Waals surface area contributed by atoms with Crippen molar-refractivity contribution in [2.45, 2.75) is 49.6 Å². The lowest BCUT2D eigenvalue weighted by Gasteiger charge is -2.52. The van der Waals surface area contributed by atoms with Crippen LogP contribution < -0.4 is 5.01 Å². The Kier molecular flexibility index (Phi) is 1.78. The van der Waals surface area contributed by atoms with Gasteiger partial charge in [-0.2, -0.15) is 5.11 Å². The molecule has 4 aliphatic carbocycles. The van der Waals surface area contributed by atoms with Gasteiger partial charge in [-0.15, -0.1) is 0 Å². The summed E-state index contributed by atoms with van der Waals surface area (Å²) in [6.45, 7) is 0. The second kappa shape index (κ2) is 3.34. The highest BCUT2D eigenvalue weighted by atomic mass is 15.7. The lowest BCUT2D eigenvalue weighted by molar-refractivity contribution is 0.0899. The molecule has 3 heteroatoms. The van der Waals surface area contributed by atoms with E-state index < -0.39 is 0 Å². The van der Waals surface area contributed by atoms with Crippen molar-refractivity contribution in [2.24, 2.45) is 34.0 Å². The Morgan fingerprint density at radius 3 is 2.14 bits per heavy atom. The maximum absolute atomic E-state index is 5.06. The molecule has 4 bridgehead atoms. The largest absolute Gasteiger partial charge is 0.238 e. The third-order valence-electron chi connectivity index (χ3n) is 7.65. The summed E-state index contributed by atoms with van der Waals surface area (Å²) in [5.74, 6) is 3.28. The van der Waals surface area contributed by atoms with Crippen LogP contribution in [0.25, 0.3) is 0 Å². The van der Waals surface area contributed by atoms with E-state index >= 15 is 0 Å². The minimum Gasteiger partial charge on any atom is -0.238 e. The lowest BCUT2D eigenvalue weighted by atomic mass is 9.60. The minimum absolute atomic E-state index is 0.189. The fourth-order valence-electron chi connectivity index (χ4n) is 7.32. The van der Waals surface area contributed by atoms with E-state index in [-0.39, 0.29) is 11.1 Å². The summed E-state index contributed by atoms with van der Waals surface area (Å²) < 4.78 is 0. The van der Waals surface area contributed by atoms with Gasteiger partial charge in [0.25, 0.3) is 0 Å². The van der Waals surface area contributed by atoms with Crippen LogP contribution in [0.4, 0.5) is 5.69 Å². The molecular formula is C18H21N3. The van der Waals surface area contributed by atoms with Crippen LogP contribution in [0.1, 0.15) is 38.5 Å². The maximum Gasteiger partial charge on any atom is 0.115 e. The topological polar surface area (TPSA) is 28.0 Å². The molecule has 4 unspecified atom stereocenters. The second-order valence-electron chi connectivity index (χ2n) is 7.90. The van der Waals surface area contributed by atoms with Crippen molar-refractivity contribution in [2.75, 3.05) is 5.01 Å². The molecule has 1 aromatic rings. The maximum atomic E-state index is 5.06. The van der Waals surface area contributed by atoms with E-state index in [0.29, 0.717) is 0 Å². The molecule has 108 valence electrons. The van der Waals surface area contributed by atoms with Crippen LogP contribution in [0.5, 0.6) is 0 Å². The number of hydrogen-bond donors (Lipinski definition) is 0. The van der Waals surface area contributed by atoms with Crippen molar-refractivity contribution in [3.8, 4) is 0 Å². The van der Waals surface area contributed by atoms with Gasteiger partial charge in [-0.3, -0.25) is 0 Å². The monoisotopic (exact) mass is 279 g/mol. The molecule has 0 saturated heterocycles. The van der Waals surface area contributed by atoms with Crippen LogP contribution in [-0.4, -0.2) is 11.1 Å². The molecule has 0 N–H and O–H groups in total. The average molecular weight is 279 g/mol. The van der Waals surface area contributed by atoms with E-state index in [2.05, 4.69) is 35.3 Å². The van der Waals surface area contributed by atoms with Gasteiger partial charge >= 0.3 is 0 Å². The van der Waals surface area contributed by atoms with E-state index in [1.165, 1.54) is 44.2 Å². The fourth-order valence-corrected chi connectivity index (χ4v) is 7.32. The first-order chi connectivity index (χ1) is 10.4. The standard InChI is InChI=1S/C18H21N3/c1-2-4-16(5-3-1)21-18-14-8-6-12(10-14)17(18,19-20-21)13-7-9-15(18)11-13/h1-5,12-15H,6-11H2. The smallest absolute Gasteiger partial charge is 0.115 e. The Bertz CT molecular complexity index is 615. The Morgan fingerprint density at radius 1 is 0.857 bits per heavy atom. The number of para-hydroxylation sites is 1. The average Bonchev–Trinajstić information content (AvgIpc) is 3.28. The molecule has 4 fully saturated rings. The van der Waals surface area contributed by atoms with Crippen LogP contribution in [-0.2, 0) is 0 Å². The molecule has 1 heterocycles. The molecule has 4 atom stereocenters. The highest BCUT2D eigenvalue weighted by Crippen LogP contribution is 2.77. The molecule has 6 rings (SSSR count). The molecule has 21 heavy (non-hydrogen) atoms. The third-order valence-corrected chi connectivity index (χ3v) is 7.65. The van der Waals surface area contributed by atoms with E-state index in [0.717, 1.165) is 23.7 Å². The Labute approximate surface area is 125 Å². The molecular weight excluding hydrogens is 258 g/mol. The van der Waals surface area contributed by atoms with Gasteiger partial charge in [0.05, 0.1) is 11.2 Å². The highest BCUT2D eigenvalue weighted by Gasteiger charge is 2.82. The Morgan fingerprint density at radius 2 is 1.48 bits per heavy atom. The van der Waals surface area contributed by atoms with Crippen molar-refractivity contribution in [3.63, 3.8) is 0 Å². The summed E-state index contributed by atoms with van der Waals surface area (Å²) in [4.78, 5) is 0. The third kappa shape index (κ3) is 0.949. The van der Waals surface area contributed by atoms with Crippen LogP contribution in [0.15, 0.2) is 40.7 Å². The number of nitrogens with zero attached hydrogens (tertiary/aromatic N) is 3. The van der Waals surface area contributed by atoms with E-state index in [1.807, 2.05) is 0 Å². The molecule has 5 aliphatic rings. The summed E-state index contributed by atoms with van der Waals surface area (Å²) in [5.41, 5.74) is 1.71. The van der Waals surface area contributed by atoms with Gasteiger partial charge < -0.3 is 0 Å². The zero-order chi connectivity index (χ0) is 13.7. The zero-order valence-electron chi connectivity index (χ0n) is 12.3. The molecule has 0 amide bonds. The van der Waals surface area contributed by atoms with E-state index in [4.69, 9.17) is 10.3 Å². The first-order valence-corrected chi connectivity index (χ1v) is 8.65. The predicted molar refractivity (Wildman–Crippen MR) is 80.9 cm³/mol. The van der Waals surface area contributed by atoms with Crippen molar-refractivity contribution >= 4 is 5.69 Å². The second-order valence-corrected chi connectivity index (χ2v) is 7.90. The van der Waals surface area contributed by atoms with Gasteiger partial charge in [0.2, 0.25) is 0 Å². The number of anilines is 1. The SMILES string of the molecule is c1ccc(N2N=NC34C5CCC(C5)C23C2CCC4C2)cc1. The minimum atomic E-state index is 0.189. The summed E-state index contributed by atoms with van der Waals surface area (Å²) in [6.07, 6.45) is 8.44. The molecule has 1 aliphatic heterocycles. The van der Waals surface area contributed by atoms with Gasteiger partial charge in [-0.05, 0) is 74.3 Å². The van der Waals surface area contributed by atoms with Gasteiger partial charge in [-0.1, -0.05) is 23.4 Å². The summed E-state index contributed by atoms with van der Waals surface area (Å²) in [5, 5.41) is 12.2. The van der Waals surface area contributed by atoms with E-state index in [1.54, 1.807) is 0 Å². The van der Waals surface area contributed by atoms with Gasteiger partial charge in [0.1, 0.15) is 5.54 Å². The van der Waals surface area contributed by atoms with Crippen LogP contribution >= 0.6 is 0 Å². The van der Waals surface area contributed by atoms with Gasteiger partial charge in [0.15, 0.2) is 0 Å². The normalized spacial score (nSPS) is 51.7. The van der Waals surface area contributed by atoms with Crippen molar-refractivity contribution in [1.29, 1.82) is 0 Å². The van der Waals surface area contributed by atoms with Crippen LogP contribution in [0.3, 0.4) is 0 Å². The number of rotatable bonds is 1. The molecule has 0 spiro atoms. The summed E-state index contributed by atoms with van der Waals surface area (Å²) in [7, 11) is 0. The van der Waals surface area contributed by atoms with E-state index in [9.17, 15) is 0 Å². The van der Waals surface area contributed by atoms with Crippen LogP contribution in [0, 0.1) is 23.7 Å². The number of benzene rings is 1. The summed E-state index contributed by atoms with van der Waals surface area (Å²) in [6, 6.07) is 10.8. The lowest BCUT2D eigenvalue weighted by Crippen LogP contribution is -2.65. The number of hydrogen-bond acceptors (Lipinski definition) is 3. The molecule has 4 saturated carbocycles. The quantitative estimate of drug-likeness (QED) is 0.756. The highest BCUT2D eigenvalue weighted by molar-refractivity contribution is 5.55. The van der Waals surface area contributed by atoms with Crippen molar-refractivity contribution in [1.82, 2.24) is 0 Å². The Balaban J connectivity index is 1.60. The van der Waals surface area contributed by atoms with Crippen molar-refractivity contribution in [3.05, 3.63) is 30.3 Å². The molecule has 0 aromatic heterocycles. The predicted octanol–water partition coefficient (Wildman–Crippen LogP) is 4.21. The van der Waals surface area contributed by atoms with Gasteiger partial charge in [0, 0.05) is 0 Å². The van der Waals surface area contributed by atoms with Crippen molar-refractivity contribution < 1.29 is 0 Å². The summed E-state index contributed by atoms with van der Waals surface area (Å²) >= 11 is 0. The first-order valence-electron chi connectivity index (χ1n) is 8.65. The molecule has 3 nitrogen and oxygen atoms in total. The van der Waals surface area contributed by atoms with Crippen LogP contribution in [0.2, 0.25) is 0 Å². The molecule has 0 radical (unpaired) electrons. The number of fused-ring (bicyclic) bond motifs is 4.